The summed E-state index contributed by atoms with van der Waals surface area (Å²) in [5, 5.41) is 3.18. The monoisotopic (exact) mass is 340 g/mol. The van der Waals surface area contributed by atoms with E-state index in [1.54, 1.807) is 6.92 Å². The molecule has 25 heavy (non-hydrogen) atoms. The maximum atomic E-state index is 11.4. The molecular weight excluding hydrogens is 316 g/mol. The minimum atomic E-state index is -0.534. The van der Waals surface area contributed by atoms with E-state index in [-0.39, 0.29) is 5.71 Å². The van der Waals surface area contributed by atoms with Crippen molar-refractivity contribution in [3.05, 3.63) is 41.2 Å². The van der Waals surface area contributed by atoms with Gasteiger partial charge in [0.1, 0.15) is 18.1 Å². The van der Waals surface area contributed by atoms with E-state index in [0.717, 1.165) is 30.2 Å². The van der Waals surface area contributed by atoms with E-state index >= 15 is 0 Å². The maximum absolute atomic E-state index is 11.4. The van der Waals surface area contributed by atoms with Gasteiger partial charge in [-0.1, -0.05) is 18.2 Å². The van der Waals surface area contributed by atoms with Crippen molar-refractivity contribution in [2.75, 3.05) is 24.7 Å². The van der Waals surface area contributed by atoms with Crippen LogP contribution in [0.2, 0.25) is 0 Å². The molecular formula is C18H24N6O. The third-order valence-electron chi connectivity index (χ3n) is 4.62. The Morgan fingerprint density at radius 1 is 1.44 bits per heavy atom. The number of amidine groups is 1. The number of nitrogens with two attached hydrogens (primary N) is 2. The van der Waals surface area contributed by atoms with Crippen molar-refractivity contribution in [2.24, 2.45) is 21.5 Å². The molecule has 2 aliphatic heterocycles. The SMILES string of the molecule is CC(=NC1=C(C)NCN=C1N1CC(CCN)c2ccccc21)C(N)=O. The van der Waals surface area contributed by atoms with E-state index in [4.69, 9.17) is 11.5 Å². The molecule has 1 aromatic rings. The standard InChI is InChI=1S/C18H24N6O/c1-11-16(23-12(2)17(20)25)18(22-10-21-11)24-9-13(7-8-19)14-5-3-4-6-15(14)24/h3-6,13,21H,7-10,19H2,1-2H3,(H2,20,25). The van der Waals surface area contributed by atoms with Gasteiger partial charge in [-0.15, -0.1) is 0 Å². The molecule has 0 aromatic heterocycles. The van der Waals surface area contributed by atoms with Gasteiger partial charge in [0.15, 0.2) is 5.84 Å². The van der Waals surface area contributed by atoms with Crippen LogP contribution in [0.25, 0.3) is 0 Å². The van der Waals surface area contributed by atoms with Crippen LogP contribution in [0.3, 0.4) is 0 Å². The van der Waals surface area contributed by atoms with E-state index < -0.39 is 5.91 Å². The molecule has 5 N–H and O–H groups in total. The fraction of sp³-hybridized carbons (Fsp3) is 0.389. The largest absolute Gasteiger partial charge is 0.368 e. The number of fused-ring (bicyclic) bond motifs is 1. The van der Waals surface area contributed by atoms with Crippen LogP contribution in [-0.2, 0) is 4.79 Å². The van der Waals surface area contributed by atoms with Crippen LogP contribution < -0.4 is 21.7 Å². The Morgan fingerprint density at radius 2 is 2.20 bits per heavy atom. The Balaban J connectivity index is 2.02. The summed E-state index contributed by atoms with van der Waals surface area (Å²) in [6.45, 7) is 5.47. The van der Waals surface area contributed by atoms with Gasteiger partial charge in [0.2, 0.25) is 0 Å². The van der Waals surface area contributed by atoms with E-state index in [9.17, 15) is 4.79 Å². The molecule has 7 nitrogen and oxygen atoms in total. The average molecular weight is 340 g/mol. The Kier molecular flexibility index (Phi) is 4.85. The first-order valence-electron chi connectivity index (χ1n) is 8.44. The van der Waals surface area contributed by atoms with Crippen LogP contribution in [0, 0.1) is 0 Å². The Morgan fingerprint density at radius 3 is 2.92 bits per heavy atom. The quantitative estimate of drug-likeness (QED) is 0.712. The summed E-state index contributed by atoms with van der Waals surface area (Å²) < 4.78 is 0. The van der Waals surface area contributed by atoms with Gasteiger partial charge in [0, 0.05) is 23.8 Å². The fourth-order valence-electron chi connectivity index (χ4n) is 3.27. The minimum absolute atomic E-state index is 0.261. The van der Waals surface area contributed by atoms with Gasteiger partial charge in [0.25, 0.3) is 5.91 Å². The van der Waals surface area contributed by atoms with Crippen LogP contribution >= 0.6 is 0 Å². The summed E-state index contributed by atoms with van der Waals surface area (Å²) in [5.41, 5.74) is 15.4. The molecule has 2 heterocycles. The first-order valence-corrected chi connectivity index (χ1v) is 8.44. The Hall–Kier alpha value is -2.67. The van der Waals surface area contributed by atoms with Gasteiger partial charge in [-0.2, -0.15) is 0 Å². The number of hydrogen-bond donors (Lipinski definition) is 3. The number of nitrogens with one attached hydrogen (secondary N) is 1. The zero-order valence-electron chi connectivity index (χ0n) is 14.6. The molecule has 1 unspecified atom stereocenters. The van der Waals surface area contributed by atoms with Crippen molar-refractivity contribution in [3.8, 4) is 0 Å². The molecule has 2 aliphatic rings. The number of carbonyl (C=O) groups excluding carboxylic acids is 1. The number of aliphatic imine (C=N–C) groups is 2. The predicted molar refractivity (Wildman–Crippen MR) is 101 cm³/mol. The fourth-order valence-corrected chi connectivity index (χ4v) is 3.27. The molecule has 1 aromatic carbocycles. The van der Waals surface area contributed by atoms with Crippen LogP contribution in [0.5, 0.6) is 0 Å². The normalized spacial score (nSPS) is 20.3. The van der Waals surface area contributed by atoms with Crippen LogP contribution in [0.15, 0.2) is 45.6 Å². The molecule has 0 saturated heterocycles. The Bertz CT molecular complexity index is 780. The molecule has 1 amide bonds. The molecule has 1 atom stereocenters. The van der Waals surface area contributed by atoms with Gasteiger partial charge in [-0.25, -0.2) is 9.98 Å². The second-order valence-corrected chi connectivity index (χ2v) is 6.30. The van der Waals surface area contributed by atoms with E-state index in [1.807, 2.05) is 19.1 Å². The summed E-state index contributed by atoms with van der Waals surface area (Å²) in [4.78, 5) is 22.7. The molecule has 0 aliphatic carbocycles. The number of primary amides is 1. The lowest BCUT2D eigenvalue weighted by molar-refractivity contribution is -0.112. The molecule has 0 bridgehead atoms. The van der Waals surface area contributed by atoms with Gasteiger partial charge in [0.05, 0.1) is 0 Å². The highest BCUT2D eigenvalue weighted by atomic mass is 16.1. The van der Waals surface area contributed by atoms with Gasteiger partial charge in [-0.3, -0.25) is 4.79 Å². The van der Waals surface area contributed by atoms with Crippen LogP contribution in [0.1, 0.15) is 31.7 Å². The molecule has 132 valence electrons. The molecule has 0 fully saturated rings. The lowest BCUT2D eigenvalue weighted by Gasteiger charge is -2.27. The third-order valence-corrected chi connectivity index (χ3v) is 4.62. The minimum Gasteiger partial charge on any atom is -0.368 e. The summed E-state index contributed by atoms with van der Waals surface area (Å²) in [5.74, 6) is 0.596. The highest BCUT2D eigenvalue weighted by Gasteiger charge is 2.33. The van der Waals surface area contributed by atoms with Crippen molar-refractivity contribution >= 4 is 23.1 Å². The Labute approximate surface area is 147 Å². The number of amides is 1. The number of nitrogens with zero attached hydrogens (tertiary/aromatic N) is 3. The zero-order chi connectivity index (χ0) is 18.0. The van der Waals surface area contributed by atoms with Crippen molar-refractivity contribution in [2.45, 2.75) is 26.2 Å². The summed E-state index contributed by atoms with van der Waals surface area (Å²) in [6, 6.07) is 8.30. The zero-order valence-corrected chi connectivity index (χ0v) is 14.6. The van der Waals surface area contributed by atoms with E-state index in [1.165, 1.54) is 5.56 Å². The van der Waals surface area contributed by atoms with Gasteiger partial charge >= 0.3 is 0 Å². The predicted octanol–water partition coefficient (Wildman–Crippen LogP) is 1.08. The van der Waals surface area contributed by atoms with Gasteiger partial charge in [-0.05, 0) is 38.4 Å². The molecule has 0 spiro atoms. The highest BCUT2D eigenvalue weighted by Crippen LogP contribution is 2.39. The summed E-state index contributed by atoms with van der Waals surface area (Å²) >= 11 is 0. The third kappa shape index (κ3) is 3.28. The number of para-hydroxylation sites is 1. The average Bonchev–Trinajstić information content (AvgIpc) is 2.96. The van der Waals surface area contributed by atoms with Crippen molar-refractivity contribution < 1.29 is 4.79 Å². The molecule has 3 rings (SSSR count). The smallest absolute Gasteiger partial charge is 0.262 e. The topological polar surface area (TPSA) is 109 Å². The number of rotatable bonds is 4. The summed E-state index contributed by atoms with van der Waals surface area (Å²) in [7, 11) is 0. The lowest BCUT2D eigenvalue weighted by Crippen LogP contribution is -2.37. The second kappa shape index (κ2) is 7.06. The van der Waals surface area contributed by atoms with E-state index in [0.29, 0.717) is 24.8 Å². The molecule has 7 heteroatoms. The van der Waals surface area contributed by atoms with Crippen molar-refractivity contribution in [1.29, 1.82) is 0 Å². The van der Waals surface area contributed by atoms with Crippen molar-refractivity contribution in [3.63, 3.8) is 0 Å². The first-order chi connectivity index (χ1) is 12.0. The number of anilines is 1. The number of hydrogen-bond acceptors (Lipinski definition) is 6. The second-order valence-electron chi connectivity index (χ2n) is 6.30. The highest BCUT2D eigenvalue weighted by molar-refractivity contribution is 6.38. The van der Waals surface area contributed by atoms with Gasteiger partial charge < -0.3 is 21.7 Å². The lowest BCUT2D eigenvalue weighted by atomic mass is 9.98. The van der Waals surface area contributed by atoms with E-state index in [2.05, 4.69) is 32.3 Å². The van der Waals surface area contributed by atoms with Crippen molar-refractivity contribution in [1.82, 2.24) is 5.32 Å². The number of allylic oxidation sites excluding steroid dienone is 1. The molecule has 0 saturated carbocycles. The van der Waals surface area contributed by atoms with Crippen LogP contribution in [0.4, 0.5) is 5.69 Å². The summed E-state index contributed by atoms with van der Waals surface area (Å²) in [6.07, 6.45) is 0.917. The number of benzene rings is 1. The molecule has 0 radical (unpaired) electrons. The van der Waals surface area contributed by atoms with Crippen LogP contribution in [-0.4, -0.2) is 37.2 Å². The number of carbonyl (C=O) groups is 1. The maximum Gasteiger partial charge on any atom is 0.262 e. The first kappa shape index (κ1) is 17.2.